The molecule has 0 aromatic carbocycles. The third kappa shape index (κ3) is 1.04. The summed E-state index contributed by atoms with van der Waals surface area (Å²) < 4.78 is 11.1. The monoisotopic (exact) mass is 148 g/mol. The SMILES string of the molecule is O=P1(CCl)C=CC=C1. The molecule has 1 aliphatic heterocycles. The smallest absolute Gasteiger partial charge is 0.143 e. The highest BCUT2D eigenvalue weighted by Crippen LogP contribution is 2.52. The van der Waals surface area contributed by atoms with Crippen molar-refractivity contribution in [2.24, 2.45) is 0 Å². The van der Waals surface area contributed by atoms with Crippen LogP contribution in [0.15, 0.2) is 23.8 Å². The highest BCUT2D eigenvalue weighted by Gasteiger charge is 2.13. The van der Waals surface area contributed by atoms with Crippen LogP contribution < -0.4 is 0 Å². The van der Waals surface area contributed by atoms with Crippen molar-refractivity contribution in [3.05, 3.63) is 23.8 Å². The summed E-state index contributed by atoms with van der Waals surface area (Å²) in [4.78, 5) is 0. The molecule has 0 spiro atoms. The van der Waals surface area contributed by atoms with Gasteiger partial charge >= 0.3 is 0 Å². The van der Waals surface area contributed by atoms with Crippen LogP contribution >= 0.6 is 18.7 Å². The molecule has 0 saturated carbocycles. The molecule has 0 radical (unpaired) electrons. The topological polar surface area (TPSA) is 17.1 Å². The number of halogens is 1. The Labute approximate surface area is 53.4 Å². The molecule has 1 rings (SSSR count). The van der Waals surface area contributed by atoms with Gasteiger partial charge in [0.15, 0.2) is 0 Å². The maximum absolute atomic E-state index is 11.1. The fourth-order valence-electron chi connectivity index (χ4n) is 0.520. The van der Waals surface area contributed by atoms with Crippen molar-refractivity contribution >= 4 is 18.7 Å². The zero-order chi connectivity index (χ0) is 6.04. The Morgan fingerprint density at radius 3 is 2.12 bits per heavy atom. The predicted molar refractivity (Wildman–Crippen MR) is 36.6 cm³/mol. The van der Waals surface area contributed by atoms with Crippen LogP contribution in [-0.2, 0) is 4.57 Å². The van der Waals surface area contributed by atoms with E-state index >= 15 is 0 Å². The Morgan fingerprint density at radius 1 is 1.38 bits per heavy atom. The fraction of sp³-hybridized carbons (Fsp3) is 0.200. The normalized spacial score (nSPS) is 22.1. The van der Waals surface area contributed by atoms with E-state index in [0.717, 1.165) is 0 Å². The average Bonchev–Trinajstić information content (AvgIpc) is 2.17. The van der Waals surface area contributed by atoms with Crippen molar-refractivity contribution in [3.8, 4) is 0 Å². The minimum absolute atomic E-state index is 0.236. The first-order chi connectivity index (χ1) is 3.77. The minimum Gasteiger partial charge on any atom is -0.314 e. The molecule has 1 heterocycles. The first-order valence-electron chi connectivity index (χ1n) is 2.28. The number of allylic oxidation sites excluding steroid dienone is 2. The second-order valence-electron chi connectivity index (χ2n) is 1.66. The van der Waals surface area contributed by atoms with E-state index in [2.05, 4.69) is 0 Å². The molecular formula is C5H6ClOP. The van der Waals surface area contributed by atoms with E-state index in [4.69, 9.17) is 11.6 Å². The lowest BCUT2D eigenvalue weighted by Crippen LogP contribution is -1.66. The van der Waals surface area contributed by atoms with Crippen LogP contribution in [0.25, 0.3) is 0 Å². The summed E-state index contributed by atoms with van der Waals surface area (Å²) in [6.07, 6.45) is 3.53. The highest BCUT2D eigenvalue weighted by molar-refractivity contribution is 7.71. The van der Waals surface area contributed by atoms with Crippen molar-refractivity contribution in [3.63, 3.8) is 0 Å². The molecule has 0 bridgehead atoms. The molecule has 0 unspecified atom stereocenters. The van der Waals surface area contributed by atoms with Crippen LogP contribution in [0.4, 0.5) is 0 Å². The largest absolute Gasteiger partial charge is 0.314 e. The summed E-state index contributed by atoms with van der Waals surface area (Å²) >= 11 is 5.38. The molecule has 0 fully saturated rings. The van der Waals surface area contributed by atoms with Crippen molar-refractivity contribution in [2.45, 2.75) is 0 Å². The second-order valence-corrected chi connectivity index (χ2v) is 4.92. The average molecular weight is 149 g/mol. The molecule has 0 saturated heterocycles. The van der Waals surface area contributed by atoms with E-state index in [-0.39, 0.29) is 5.62 Å². The van der Waals surface area contributed by atoms with Gasteiger partial charge in [-0.3, -0.25) is 0 Å². The molecule has 0 aromatic rings. The summed E-state index contributed by atoms with van der Waals surface area (Å²) in [5, 5.41) is 0. The minimum atomic E-state index is -2.15. The first kappa shape index (κ1) is 6.12. The number of rotatable bonds is 1. The molecular weight excluding hydrogens is 142 g/mol. The van der Waals surface area contributed by atoms with Crippen LogP contribution in [0.5, 0.6) is 0 Å². The Kier molecular flexibility index (Phi) is 1.59. The van der Waals surface area contributed by atoms with Crippen LogP contribution in [0.2, 0.25) is 0 Å². The van der Waals surface area contributed by atoms with E-state index in [1.54, 1.807) is 23.8 Å². The molecule has 0 N–H and O–H groups in total. The molecule has 0 aliphatic carbocycles. The Bertz CT molecular complexity index is 167. The summed E-state index contributed by atoms with van der Waals surface area (Å²) in [6.45, 7) is 0. The molecule has 0 aromatic heterocycles. The van der Waals surface area contributed by atoms with E-state index in [9.17, 15) is 4.57 Å². The van der Waals surface area contributed by atoms with Gasteiger partial charge in [-0.1, -0.05) is 12.2 Å². The lowest BCUT2D eigenvalue weighted by Gasteiger charge is -1.96. The van der Waals surface area contributed by atoms with Crippen molar-refractivity contribution in [2.75, 3.05) is 5.62 Å². The van der Waals surface area contributed by atoms with Gasteiger partial charge in [-0.15, -0.1) is 11.6 Å². The van der Waals surface area contributed by atoms with Gasteiger partial charge < -0.3 is 4.57 Å². The van der Waals surface area contributed by atoms with Crippen molar-refractivity contribution in [1.29, 1.82) is 0 Å². The maximum Gasteiger partial charge on any atom is 0.143 e. The molecule has 1 nitrogen and oxygen atoms in total. The maximum atomic E-state index is 11.1. The number of hydrogen-bond acceptors (Lipinski definition) is 1. The summed E-state index contributed by atoms with van der Waals surface area (Å²) in [6, 6.07) is 0. The number of hydrogen-bond donors (Lipinski definition) is 0. The Hall–Kier alpha value is 0. The summed E-state index contributed by atoms with van der Waals surface area (Å²) in [7, 11) is -2.15. The van der Waals surface area contributed by atoms with Gasteiger partial charge in [0, 0.05) is 0 Å². The van der Waals surface area contributed by atoms with Gasteiger partial charge in [-0.25, -0.2) is 0 Å². The van der Waals surface area contributed by atoms with Gasteiger partial charge in [0.25, 0.3) is 0 Å². The quantitative estimate of drug-likeness (QED) is 0.413. The summed E-state index contributed by atoms with van der Waals surface area (Å²) in [5.41, 5.74) is 0.236. The summed E-state index contributed by atoms with van der Waals surface area (Å²) in [5.74, 6) is 3.33. The van der Waals surface area contributed by atoms with Gasteiger partial charge in [0.2, 0.25) is 0 Å². The van der Waals surface area contributed by atoms with E-state index in [1.807, 2.05) is 0 Å². The van der Waals surface area contributed by atoms with Gasteiger partial charge in [-0.05, 0) is 11.6 Å². The first-order valence-corrected chi connectivity index (χ1v) is 4.85. The zero-order valence-electron chi connectivity index (χ0n) is 4.25. The standard InChI is InChI=1S/C5H6ClOP/c6-5-8(7)3-1-2-4-8/h1-4H,5H2. The Morgan fingerprint density at radius 2 is 1.88 bits per heavy atom. The molecule has 44 valence electrons. The Balaban J connectivity index is 2.85. The third-order valence-corrected chi connectivity index (χ3v) is 3.82. The second kappa shape index (κ2) is 2.08. The zero-order valence-corrected chi connectivity index (χ0v) is 5.90. The van der Waals surface area contributed by atoms with Crippen LogP contribution in [-0.4, -0.2) is 5.62 Å². The van der Waals surface area contributed by atoms with Gasteiger partial charge in [-0.2, -0.15) is 0 Å². The van der Waals surface area contributed by atoms with Gasteiger partial charge in [0.1, 0.15) is 7.14 Å². The van der Waals surface area contributed by atoms with Crippen molar-refractivity contribution in [1.82, 2.24) is 0 Å². The van der Waals surface area contributed by atoms with Crippen LogP contribution in [0, 0.1) is 0 Å². The number of alkyl halides is 1. The highest BCUT2D eigenvalue weighted by atomic mass is 35.5. The third-order valence-electron chi connectivity index (χ3n) is 0.975. The molecule has 0 amide bonds. The van der Waals surface area contributed by atoms with Gasteiger partial charge in [0.05, 0.1) is 5.62 Å². The molecule has 3 heteroatoms. The van der Waals surface area contributed by atoms with E-state index < -0.39 is 7.14 Å². The van der Waals surface area contributed by atoms with Crippen LogP contribution in [0.3, 0.4) is 0 Å². The predicted octanol–water partition coefficient (Wildman–Crippen LogP) is 2.59. The molecule has 0 atom stereocenters. The lowest BCUT2D eigenvalue weighted by molar-refractivity contribution is 0.589. The fourth-order valence-corrected chi connectivity index (χ4v) is 2.04. The van der Waals surface area contributed by atoms with E-state index in [0.29, 0.717) is 0 Å². The molecule has 1 aliphatic rings. The van der Waals surface area contributed by atoms with Crippen LogP contribution in [0.1, 0.15) is 0 Å². The lowest BCUT2D eigenvalue weighted by atomic mass is 10.6. The van der Waals surface area contributed by atoms with Crippen molar-refractivity contribution < 1.29 is 4.57 Å². The van der Waals surface area contributed by atoms with E-state index in [1.165, 1.54) is 0 Å². The molecule has 8 heavy (non-hydrogen) atoms.